The lowest BCUT2D eigenvalue weighted by atomic mass is 9.86. The quantitative estimate of drug-likeness (QED) is 0.418. The van der Waals surface area contributed by atoms with Gasteiger partial charge >= 0.3 is 0 Å². The molecule has 4 aromatic rings. The second-order valence-electron chi connectivity index (χ2n) is 7.15. The lowest BCUT2D eigenvalue weighted by molar-refractivity contribution is 0.802. The van der Waals surface area contributed by atoms with Crippen LogP contribution >= 0.6 is 23.2 Å². The number of nitrogens with zero attached hydrogens (tertiary/aromatic N) is 2. The van der Waals surface area contributed by atoms with E-state index < -0.39 is 0 Å². The Morgan fingerprint density at radius 2 is 1.48 bits per heavy atom. The van der Waals surface area contributed by atoms with Crippen molar-refractivity contribution in [1.82, 2.24) is 9.78 Å². The highest BCUT2D eigenvalue weighted by atomic mass is 35.5. The molecule has 0 fully saturated rings. The number of halogens is 2. The van der Waals surface area contributed by atoms with Gasteiger partial charge in [0, 0.05) is 12.1 Å². The van der Waals surface area contributed by atoms with Crippen LogP contribution in [0.3, 0.4) is 0 Å². The molecule has 1 aliphatic heterocycles. The Morgan fingerprint density at radius 3 is 2.10 bits per heavy atom. The Bertz CT molecular complexity index is 1110. The van der Waals surface area contributed by atoms with Gasteiger partial charge in [-0.05, 0) is 35.7 Å². The molecule has 0 aliphatic carbocycles. The summed E-state index contributed by atoms with van der Waals surface area (Å²) in [5.74, 6) is 1.10. The van der Waals surface area contributed by atoms with Gasteiger partial charge in [0.1, 0.15) is 5.82 Å². The largest absolute Gasteiger partial charge is 0.369 e. The Hall–Kier alpha value is -2.75. The molecule has 0 saturated heterocycles. The third kappa shape index (κ3) is 3.31. The fraction of sp³-hybridized carbons (Fsp3) is 0.125. The molecule has 29 heavy (non-hydrogen) atoms. The molecule has 0 unspecified atom stereocenters. The Morgan fingerprint density at radius 1 is 0.828 bits per heavy atom. The summed E-state index contributed by atoms with van der Waals surface area (Å²) in [5.41, 5.74) is 5.69. The molecule has 1 N–H and O–H groups in total. The van der Waals surface area contributed by atoms with Gasteiger partial charge in [0.2, 0.25) is 0 Å². The van der Waals surface area contributed by atoms with Crippen LogP contribution in [0.4, 0.5) is 5.82 Å². The van der Waals surface area contributed by atoms with E-state index in [1.807, 2.05) is 35.0 Å². The van der Waals surface area contributed by atoms with Crippen LogP contribution in [-0.4, -0.2) is 16.3 Å². The third-order valence-corrected chi connectivity index (χ3v) is 6.11. The van der Waals surface area contributed by atoms with Crippen LogP contribution in [0.1, 0.15) is 28.3 Å². The van der Waals surface area contributed by atoms with Crippen LogP contribution in [0.25, 0.3) is 5.69 Å². The fourth-order valence-corrected chi connectivity index (χ4v) is 4.33. The van der Waals surface area contributed by atoms with Crippen LogP contribution in [0.15, 0.2) is 78.9 Å². The molecule has 2 heterocycles. The molecular weight excluding hydrogens is 401 g/mol. The van der Waals surface area contributed by atoms with Gasteiger partial charge in [0.25, 0.3) is 0 Å². The monoisotopic (exact) mass is 419 g/mol. The average Bonchev–Trinajstić information content (AvgIpc) is 3.36. The Balaban J connectivity index is 1.71. The molecule has 144 valence electrons. The number of rotatable bonds is 4. The Labute approximate surface area is 179 Å². The van der Waals surface area contributed by atoms with E-state index in [2.05, 4.69) is 53.8 Å². The minimum atomic E-state index is 0.0649. The van der Waals surface area contributed by atoms with Gasteiger partial charge in [-0.1, -0.05) is 83.9 Å². The summed E-state index contributed by atoms with van der Waals surface area (Å²) < 4.78 is 1.96. The summed E-state index contributed by atoms with van der Waals surface area (Å²) in [7, 11) is 0. The van der Waals surface area contributed by atoms with E-state index in [4.69, 9.17) is 28.3 Å². The summed E-state index contributed by atoms with van der Waals surface area (Å²) in [4.78, 5) is 0. The molecule has 1 aromatic heterocycles. The predicted octanol–water partition coefficient (Wildman–Crippen LogP) is 6.33. The molecule has 0 atom stereocenters. The standard InChI is InChI=1S/C24H19Cl2N3/c25-20-12-11-18(15-21(20)26)29-24-19(13-14-27-24)23(28-29)22(16-7-3-1-4-8-16)17-9-5-2-6-10-17/h1-12,15,22,27H,13-14H2. The smallest absolute Gasteiger partial charge is 0.133 e. The number of fused-ring (bicyclic) bond motifs is 1. The van der Waals surface area contributed by atoms with E-state index in [1.165, 1.54) is 16.7 Å². The first kappa shape index (κ1) is 18.3. The first-order valence-corrected chi connectivity index (χ1v) is 10.4. The first-order valence-electron chi connectivity index (χ1n) is 9.63. The van der Waals surface area contributed by atoms with Crippen molar-refractivity contribution >= 4 is 29.0 Å². The van der Waals surface area contributed by atoms with E-state index in [0.717, 1.165) is 30.2 Å². The zero-order valence-electron chi connectivity index (χ0n) is 15.6. The van der Waals surface area contributed by atoms with Crippen LogP contribution < -0.4 is 5.32 Å². The highest BCUT2D eigenvalue weighted by Crippen LogP contribution is 2.39. The summed E-state index contributed by atoms with van der Waals surface area (Å²) in [5, 5.41) is 9.65. The van der Waals surface area contributed by atoms with Crippen LogP contribution in [0.2, 0.25) is 10.0 Å². The summed E-state index contributed by atoms with van der Waals surface area (Å²) >= 11 is 12.4. The van der Waals surface area contributed by atoms with Crippen molar-refractivity contribution in [2.24, 2.45) is 0 Å². The number of benzene rings is 3. The number of hydrogen-bond acceptors (Lipinski definition) is 2. The number of hydrogen-bond donors (Lipinski definition) is 1. The third-order valence-electron chi connectivity index (χ3n) is 5.37. The molecule has 0 radical (unpaired) electrons. The zero-order chi connectivity index (χ0) is 19.8. The van der Waals surface area contributed by atoms with Crippen LogP contribution in [-0.2, 0) is 6.42 Å². The lowest BCUT2D eigenvalue weighted by Gasteiger charge is -2.17. The summed E-state index contributed by atoms with van der Waals surface area (Å²) in [6.45, 7) is 0.901. The highest BCUT2D eigenvalue weighted by molar-refractivity contribution is 6.42. The van der Waals surface area contributed by atoms with Crippen molar-refractivity contribution < 1.29 is 0 Å². The van der Waals surface area contributed by atoms with Gasteiger partial charge in [-0.15, -0.1) is 0 Å². The molecule has 5 rings (SSSR count). The molecule has 1 aliphatic rings. The van der Waals surface area contributed by atoms with Gasteiger partial charge in [-0.3, -0.25) is 0 Å². The van der Waals surface area contributed by atoms with E-state index in [0.29, 0.717) is 10.0 Å². The highest BCUT2D eigenvalue weighted by Gasteiger charge is 2.29. The normalized spacial score (nSPS) is 12.8. The maximum atomic E-state index is 6.28. The van der Waals surface area contributed by atoms with Gasteiger partial charge < -0.3 is 5.32 Å². The van der Waals surface area contributed by atoms with Gasteiger partial charge in [0.15, 0.2) is 0 Å². The average molecular weight is 420 g/mol. The first-order chi connectivity index (χ1) is 14.2. The van der Waals surface area contributed by atoms with Crippen molar-refractivity contribution in [3.63, 3.8) is 0 Å². The molecule has 5 heteroatoms. The molecule has 0 spiro atoms. The minimum absolute atomic E-state index is 0.0649. The van der Waals surface area contributed by atoms with Gasteiger partial charge in [0.05, 0.1) is 27.3 Å². The SMILES string of the molecule is Clc1ccc(-n2nc(C(c3ccccc3)c3ccccc3)c3c2NCC3)cc1Cl. The van der Waals surface area contributed by atoms with E-state index in [-0.39, 0.29) is 5.92 Å². The molecule has 0 bridgehead atoms. The van der Waals surface area contributed by atoms with Crippen molar-refractivity contribution in [2.45, 2.75) is 12.3 Å². The number of nitrogens with one attached hydrogen (secondary N) is 1. The van der Waals surface area contributed by atoms with Crippen molar-refractivity contribution in [2.75, 3.05) is 11.9 Å². The molecule has 3 nitrogen and oxygen atoms in total. The van der Waals surface area contributed by atoms with Crippen molar-refractivity contribution in [1.29, 1.82) is 0 Å². The van der Waals surface area contributed by atoms with Crippen LogP contribution in [0.5, 0.6) is 0 Å². The Kier molecular flexibility index (Phi) is 4.78. The molecule has 3 aromatic carbocycles. The zero-order valence-corrected chi connectivity index (χ0v) is 17.2. The van der Waals surface area contributed by atoms with Crippen molar-refractivity contribution in [3.05, 3.63) is 111 Å². The second kappa shape index (κ2) is 7.58. The summed E-state index contributed by atoms with van der Waals surface area (Å²) in [6, 6.07) is 26.7. The fourth-order valence-electron chi connectivity index (χ4n) is 4.04. The van der Waals surface area contributed by atoms with Gasteiger partial charge in [-0.2, -0.15) is 5.10 Å². The van der Waals surface area contributed by atoms with E-state index >= 15 is 0 Å². The van der Waals surface area contributed by atoms with Gasteiger partial charge in [-0.25, -0.2) is 4.68 Å². The lowest BCUT2D eigenvalue weighted by Crippen LogP contribution is -2.09. The maximum absolute atomic E-state index is 6.28. The second-order valence-corrected chi connectivity index (χ2v) is 7.97. The number of aromatic nitrogens is 2. The van der Waals surface area contributed by atoms with Crippen molar-refractivity contribution in [3.8, 4) is 5.69 Å². The molecular formula is C24H19Cl2N3. The minimum Gasteiger partial charge on any atom is -0.369 e. The predicted molar refractivity (Wildman–Crippen MR) is 120 cm³/mol. The molecule has 0 amide bonds. The topological polar surface area (TPSA) is 29.9 Å². The maximum Gasteiger partial charge on any atom is 0.133 e. The van der Waals surface area contributed by atoms with E-state index in [1.54, 1.807) is 0 Å². The summed E-state index contributed by atoms with van der Waals surface area (Å²) in [6.07, 6.45) is 0.947. The number of anilines is 1. The molecule has 0 saturated carbocycles. The van der Waals surface area contributed by atoms with Crippen LogP contribution in [0, 0.1) is 0 Å². The van der Waals surface area contributed by atoms with E-state index in [9.17, 15) is 0 Å².